The van der Waals surface area contributed by atoms with E-state index in [1.165, 1.54) is 0 Å². The summed E-state index contributed by atoms with van der Waals surface area (Å²) in [5.41, 5.74) is 6.67. The Bertz CT molecular complexity index is 766. The second-order valence-electron chi connectivity index (χ2n) is 5.92. The van der Waals surface area contributed by atoms with Crippen molar-refractivity contribution in [1.29, 1.82) is 0 Å². The van der Waals surface area contributed by atoms with Gasteiger partial charge < -0.3 is 25.8 Å². The number of hydrogen-bond donors (Lipinski definition) is 3. The van der Waals surface area contributed by atoms with Crippen LogP contribution in [-0.2, 0) is 9.59 Å². The van der Waals surface area contributed by atoms with E-state index in [1.54, 1.807) is 9.80 Å². The van der Waals surface area contributed by atoms with E-state index in [4.69, 9.17) is 5.73 Å². The Morgan fingerprint density at radius 1 is 1.08 bits per heavy atom. The highest BCUT2D eigenvalue weighted by atomic mass is 35.5. The monoisotopic (exact) mass is 379 g/mol. The van der Waals surface area contributed by atoms with Crippen LogP contribution in [0.4, 0.5) is 0 Å². The number of fused-ring (bicyclic) bond motifs is 1. The Balaban J connectivity index is 0.00000243. The minimum absolute atomic E-state index is 0. The van der Waals surface area contributed by atoms with Gasteiger partial charge in [-0.2, -0.15) is 0 Å². The van der Waals surface area contributed by atoms with Crippen LogP contribution in [0.2, 0.25) is 0 Å². The van der Waals surface area contributed by atoms with Crippen molar-refractivity contribution in [3.63, 3.8) is 0 Å². The summed E-state index contributed by atoms with van der Waals surface area (Å²) < 4.78 is 0. The number of aromatic nitrogens is 1. The maximum Gasteiger partial charge on any atom is 0.270 e. The average Bonchev–Trinajstić information content (AvgIpc) is 3.09. The first-order valence-electron chi connectivity index (χ1n) is 8.20. The number of carbonyl (C=O) groups excluding carboxylic acids is 3. The zero-order chi connectivity index (χ0) is 17.8. The van der Waals surface area contributed by atoms with Crippen molar-refractivity contribution in [1.82, 2.24) is 20.1 Å². The molecular weight excluding hydrogens is 358 g/mol. The summed E-state index contributed by atoms with van der Waals surface area (Å²) in [6.45, 7) is 1.62. The number of H-pyrrole nitrogens is 1. The molecule has 0 radical (unpaired) electrons. The lowest BCUT2D eigenvalue weighted by Gasteiger charge is -2.34. The van der Waals surface area contributed by atoms with Crippen molar-refractivity contribution in [2.45, 2.75) is 0 Å². The number of hydrogen-bond acceptors (Lipinski definition) is 4. The summed E-state index contributed by atoms with van der Waals surface area (Å²) in [5.74, 6) is -0.597. The molecule has 1 saturated heterocycles. The van der Waals surface area contributed by atoms with Gasteiger partial charge >= 0.3 is 0 Å². The molecule has 1 aromatic carbocycles. The number of nitrogens with one attached hydrogen (secondary N) is 2. The Labute approximate surface area is 157 Å². The lowest BCUT2D eigenvalue weighted by molar-refractivity contribution is -0.133. The molecule has 0 atom stereocenters. The summed E-state index contributed by atoms with van der Waals surface area (Å²) in [4.78, 5) is 42.3. The van der Waals surface area contributed by atoms with Crippen molar-refractivity contribution in [3.8, 4) is 0 Å². The highest BCUT2D eigenvalue weighted by molar-refractivity contribution is 5.98. The zero-order valence-corrected chi connectivity index (χ0v) is 15.1. The standard InChI is InChI=1S/C17H21N5O3.ClH/c18-10-15(23)19-11-16(24)21-5-7-22(8-6-21)17(25)14-9-12-3-1-2-4-13(12)20-14;/h1-4,9,20H,5-8,10-11,18H2,(H,19,23);1H. The number of halogens is 1. The van der Waals surface area contributed by atoms with Crippen LogP contribution in [0.3, 0.4) is 0 Å². The Hall–Kier alpha value is -2.58. The minimum Gasteiger partial charge on any atom is -0.351 e. The number of carbonyl (C=O) groups is 3. The third-order valence-electron chi connectivity index (χ3n) is 4.30. The Morgan fingerprint density at radius 2 is 1.73 bits per heavy atom. The fraction of sp³-hybridized carbons (Fsp3) is 0.353. The van der Waals surface area contributed by atoms with Crippen LogP contribution < -0.4 is 11.1 Å². The van der Waals surface area contributed by atoms with Crippen molar-refractivity contribution in [3.05, 3.63) is 36.0 Å². The van der Waals surface area contributed by atoms with Crippen LogP contribution >= 0.6 is 12.4 Å². The third-order valence-corrected chi connectivity index (χ3v) is 4.30. The number of aromatic amines is 1. The van der Waals surface area contributed by atoms with E-state index in [2.05, 4.69) is 10.3 Å². The molecule has 2 aromatic rings. The molecule has 4 N–H and O–H groups in total. The van der Waals surface area contributed by atoms with Gasteiger partial charge in [0, 0.05) is 37.1 Å². The zero-order valence-electron chi connectivity index (χ0n) is 14.2. The number of benzene rings is 1. The van der Waals surface area contributed by atoms with E-state index in [9.17, 15) is 14.4 Å². The van der Waals surface area contributed by atoms with E-state index in [0.717, 1.165) is 10.9 Å². The van der Waals surface area contributed by atoms with E-state index in [0.29, 0.717) is 31.9 Å². The normalized spacial score (nSPS) is 14.0. The van der Waals surface area contributed by atoms with E-state index < -0.39 is 0 Å². The molecule has 0 aliphatic carbocycles. The number of nitrogens with two attached hydrogens (primary N) is 1. The molecule has 1 aliphatic heterocycles. The summed E-state index contributed by atoms with van der Waals surface area (Å²) in [7, 11) is 0. The second-order valence-corrected chi connectivity index (χ2v) is 5.92. The molecule has 1 fully saturated rings. The van der Waals surface area contributed by atoms with E-state index >= 15 is 0 Å². The van der Waals surface area contributed by atoms with Gasteiger partial charge in [0.2, 0.25) is 11.8 Å². The lowest BCUT2D eigenvalue weighted by Crippen LogP contribution is -2.52. The summed E-state index contributed by atoms with van der Waals surface area (Å²) in [6, 6.07) is 9.57. The molecular formula is C17H22ClN5O3. The molecule has 0 spiro atoms. The van der Waals surface area contributed by atoms with Crippen molar-refractivity contribution >= 4 is 41.0 Å². The molecule has 8 nitrogen and oxygen atoms in total. The molecule has 0 saturated carbocycles. The molecule has 9 heteroatoms. The van der Waals surface area contributed by atoms with Crippen LogP contribution in [0.25, 0.3) is 10.9 Å². The van der Waals surface area contributed by atoms with Crippen LogP contribution in [0.1, 0.15) is 10.5 Å². The number of amides is 3. The molecule has 3 amide bonds. The molecule has 1 aliphatic rings. The smallest absolute Gasteiger partial charge is 0.270 e. The van der Waals surface area contributed by atoms with Crippen molar-refractivity contribution < 1.29 is 14.4 Å². The molecule has 26 heavy (non-hydrogen) atoms. The Morgan fingerprint density at radius 3 is 2.38 bits per heavy atom. The first-order valence-corrected chi connectivity index (χ1v) is 8.20. The highest BCUT2D eigenvalue weighted by Crippen LogP contribution is 2.16. The summed E-state index contributed by atoms with van der Waals surface area (Å²) in [6.07, 6.45) is 0. The average molecular weight is 380 g/mol. The maximum atomic E-state index is 12.6. The van der Waals surface area contributed by atoms with Gasteiger partial charge in [0.1, 0.15) is 5.69 Å². The SMILES string of the molecule is Cl.NCC(=O)NCC(=O)N1CCN(C(=O)c2cc3ccccc3[nH]2)CC1. The number of piperazine rings is 1. The van der Waals surface area contributed by atoms with Gasteiger partial charge in [0.25, 0.3) is 5.91 Å². The van der Waals surface area contributed by atoms with Gasteiger partial charge in [-0.1, -0.05) is 18.2 Å². The number of para-hydroxylation sites is 1. The largest absolute Gasteiger partial charge is 0.351 e. The number of rotatable bonds is 4. The van der Waals surface area contributed by atoms with Crippen LogP contribution in [0.15, 0.2) is 30.3 Å². The molecule has 3 rings (SSSR count). The third kappa shape index (κ3) is 4.33. The van der Waals surface area contributed by atoms with E-state index in [-0.39, 0.29) is 43.2 Å². The van der Waals surface area contributed by atoms with Gasteiger partial charge in [-0.05, 0) is 12.1 Å². The number of nitrogens with zero attached hydrogens (tertiary/aromatic N) is 2. The first-order chi connectivity index (χ1) is 12.1. The van der Waals surface area contributed by atoms with Crippen molar-refractivity contribution in [2.24, 2.45) is 5.73 Å². The highest BCUT2D eigenvalue weighted by Gasteiger charge is 2.25. The van der Waals surface area contributed by atoms with Gasteiger partial charge in [0.05, 0.1) is 13.1 Å². The second kappa shape index (κ2) is 8.68. The fourth-order valence-electron chi connectivity index (χ4n) is 2.88. The summed E-state index contributed by atoms with van der Waals surface area (Å²) >= 11 is 0. The van der Waals surface area contributed by atoms with Crippen LogP contribution in [-0.4, -0.2) is 71.8 Å². The predicted octanol–water partition coefficient (Wildman–Crippen LogP) is -0.0510. The minimum atomic E-state index is -0.360. The molecule has 0 bridgehead atoms. The fourth-order valence-corrected chi connectivity index (χ4v) is 2.88. The maximum absolute atomic E-state index is 12.6. The van der Waals surface area contributed by atoms with E-state index in [1.807, 2.05) is 30.3 Å². The molecule has 1 aromatic heterocycles. The van der Waals surface area contributed by atoms with Crippen molar-refractivity contribution in [2.75, 3.05) is 39.3 Å². The molecule has 0 unspecified atom stereocenters. The van der Waals surface area contributed by atoms with Crippen LogP contribution in [0.5, 0.6) is 0 Å². The lowest BCUT2D eigenvalue weighted by atomic mass is 10.2. The Kier molecular flexibility index (Phi) is 6.59. The predicted molar refractivity (Wildman–Crippen MR) is 100 cm³/mol. The molecule has 140 valence electrons. The van der Waals surface area contributed by atoms with Crippen LogP contribution in [0, 0.1) is 0 Å². The summed E-state index contributed by atoms with van der Waals surface area (Å²) in [5, 5.41) is 3.46. The van der Waals surface area contributed by atoms with Gasteiger partial charge in [-0.15, -0.1) is 12.4 Å². The van der Waals surface area contributed by atoms with Gasteiger partial charge in [-0.25, -0.2) is 0 Å². The first kappa shape index (κ1) is 19.7. The van der Waals surface area contributed by atoms with Gasteiger partial charge in [0.15, 0.2) is 0 Å². The topological polar surface area (TPSA) is 112 Å². The quantitative estimate of drug-likeness (QED) is 0.691. The van der Waals surface area contributed by atoms with Gasteiger partial charge in [-0.3, -0.25) is 14.4 Å². The molecule has 2 heterocycles.